The fourth-order valence-electron chi connectivity index (χ4n) is 3.20. The van der Waals surface area contributed by atoms with Gasteiger partial charge in [-0.15, -0.1) is 11.3 Å². The van der Waals surface area contributed by atoms with E-state index in [1.54, 1.807) is 34.7 Å². The number of benzene rings is 1. The molecule has 0 aliphatic carbocycles. The SMILES string of the molecule is O=C(O)c1ccc(CNC(=O)N2CCN(c3ncnc4sccc34)CC2)cc1. The zero-order valence-corrected chi connectivity index (χ0v) is 15.9. The third kappa shape index (κ3) is 3.74. The Kier molecular flexibility index (Phi) is 5.07. The molecular weight excluding hydrogens is 378 g/mol. The molecule has 28 heavy (non-hydrogen) atoms. The first-order chi connectivity index (χ1) is 13.6. The average Bonchev–Trinajstić information content (AvgIpc) is 3.21. The maximum Gasteiger partial charge on any atom is 0.335 e. The number of hydrogen-bond acceptors (Lipinski definition) is 6. The maximum atomic E-state index is 12.4. The highest BCUT2D eigenvalue weighted by Gasteiger charge is 2.23. The molecule has 0 saturated carbocycles. The number of nitrogens with one attached hydrogen (secondary N) is 1. The number of anilines is 1. The minimum absolute atomic E-state index is 0.120. The van der Waals surface area contributed by atoms with Crippen molar-refractivity contribution < 1.29 is 14.7 Å². The molecule has 1 fully saturated rings. The van der Waals surface area contributed by atoms with E-state index in [9.17, 15) is 9.59 Å². The van der Waals surface area contributed by atoms with Gasteiger partial charge < -0.3 is 20.2 Å². The number of carbonyl (C=O) groups is 2. The van der Waals surface area contributed by atoms with Crippen LogP contribution in [0.25, 0.3) is 10.2 Å². The lowest BCUT2D eigenvalue weighted by atomic mass is 10.1. The van der Waals surface area contributed by atoms with Crippen molar-refractivity contribution in [3.05, 3.63) is 53.2 Å². The largest absolute Gasteiger partial charge is 0.478 e. The normalized spacial score (nSPS) is 14.3. The molecule has 1 aliphatic heterocycles. The van der Waals surface area contributed by atoms with Gasteiger partial charge in [-0.3, -0.25) is 0 Å². The number of urea groups is 1. The molecule has 144 valence electrons. The highest BCUT2D eigenvalue weighted by atomic mass is 32.1. The summed E-state index contributed by atoms with van der Waals surface area (Å²) >= 11 is 1.59. The Hall–Kier alpha value is -3.20. The van der Waals surface area contributed by atoms with Gasteiger partial charge in [0.25, 0.3) is 0 Å². The molecule has 0 bridgehead atoms. The second-order valence-corrected chi connectivity index (χ2v) is 7.37. The number of piperazine rings is 1. The van der Waals surface area contributed by atoms with Crippen molar-refractivity contribution in [1.29, 1.82) is 0 Å². The zero-order chi connectivity index (χ0) is 19.5. The van der Waals surface area contributed by atoms with E-state index >= 15 is 0 Å². The van der Waals surface area contributed by atoms with E-state index in [0.29, 0.717) is 32.7 Å². The average molecular weight is 397 g/mol. The zero-order valence-electron chi connectivity index (χ0n) is 15.0. The number of aromatic carboxylic acids is 1. The lowest BCUT2D eigenvalue weighted by Gasteiger charge is -2.35. The summed E-state index contributed by atoms with van der Waals surface area (Å²) in [6.07, 6.45) is 1.59. The third-order valence-electron chi connectivity index (χ3n) is 4.75. The number of hydrogen-bond donors (Lipinski definition) is 2. The summed E-state index contributed by atoms with van der Waals surface area (Å²) in [5, 5.41) is 14.9. The summed E-state index contributed by atoms with van der Waals surface area (Å²) in [7, 11) is 0. The van der Waals surface area contributed by atoms with Gasteiger partial charge in [0.2, 0.25) is 0 Å². The van der Waals surface area contributed by atoms with Crippen LogP contribution < -0.4 is 10.2 Å². The third-order valence-corrected chi connectivity index (χ3v) is 5.57. The number of nitrogens with zero attached hydrogens (tertiary/aromatic N) is 4. The van der Waals surface area contributed by atoms with Crippen LogP contribution >= 0.6 is 11.3 Å². The van der Waals surface area contributed by atoms with Gasteiger partial charge in [0.05, 0.1) is 10.9 Å². The van der Waals surface area contributed by atoms with Gasteiger partial charge in [-0.05, 0) is 29.1 Å². The van der Waals surface area contributed by atoms with Crippen molar-refractivity contribution in [2.24, 2.45) is 0 Å². The van der Waals surface area contributed by atoms with Crippen molar-refractivity contribution in [3.63, 3.8) is 0 Å². The highest BCUT2D eigenvalue weighted by molar-refractivity contribution is 7.16. The van der Waals surface area contributed by atoms with Crippen LogP contribution in [0.15, 0.2) is 42.0 Å². The summed E-state index contributed by atoms with van der Waals surface area (Å²) in [5.74, 6) is -0.0401. The smallest absolute Gasteiger partial charge is 0.335 e. The molecule has 0 unspecified atom stereocenters. The molecule has 0 radical (unpaired) electrons. The molecule has 2 N–H and O–H groups in total. The molecule has 9 heteroatoms. The quantitative estimate of drug-likeness (QED) is 0.702. The molecule has 4 rings (SSSR count). The molecule has 3 heterocycles. The molecule has 2 amide bonds. The molecule has 2 aromatic heterocycles. The van der Waals surface area contributed by atoms with Crippen molar-refractivity contribution in [2.45, 2.75) is 6.54 Å². The van der Waals surface area contributed by atoms with Crippen molar-refractivity contribution >= 4 is 39.4 Å². The molecule has 3 aromatic rings. The lowest BCUT2D eigenvalue weighted by molar-refractivity contribution is 0.0697. The van der Waals surface area contributed by atoms with Crippen molar-refractivity contribution in [3.8, 4) is 0 Å². The summed E-state index contributed by atoms with van der Waals surface area (Å²) in [4.78, 5) is 37.0. The minimum atomic E-state index is -0.961. The fraction of sp³-hybridized carbons (Fsp3) is 0.263. The van der Waals surface area contributed by atoms with E-state index in [2.05, 4.69) is 20.2 Å². The Morgan fingerprint density at radius 3 is 2.54 bits per heavy atom. The molecule has 1 aromatic carbocycles. The molecule has 8 nitrogen and oxygen atoms in total. The van der Waals surface area contributed by atoms with Crippen LogP contribution in [0.3, 0.4) is 0 Å². The van der Waals surface area contributed by atoms with Crippen LogP contribution in [0, 0.1) is 0 Å². The van der Waals surface area contributed by atoms with Crippen molar-refractivity contribution in [1.82, 2.24) is 20.2 Å². The number of aromatic nitrogens is 2. The van der Waals surface area contributed by atoms with Gasteiger partial charge in [0, 0.05) is 32.7 Å². The summed E-state index contributed by atoms with van der Waals surface area (Å²) in [6, 6.07) is 8.41. The number of carbonyl (C=O) groups excluding carboxylic acids is 1. The summed E-state index contributed by atoms with van der Waals surface area (Å²) < 4.78 is 0. The van der Waals surface area contributed by atoms with Crippen LogP contribution in [0.1, 0.15) is 15.9 Å². The topological polar surface area (TPSA) is 98.7 Å². The second kappa shape index (κ2) is 7.81. The van der Waals surface area contributed by atoms with E-state index in [-0.39, 0.29) is 11.6 Å². The van der Waals surface area contributed by atoms with E-state index in [0.717, 1.165) is 21.6 Å². The van der Waals surface area contributed by atoms with Crippen LogP contribution in [0.4, 0.5) is 10.6 Å². The summed E-state index contributed by atoms with van der Waals surface area (Å²) in [6.45, 7) is 3.00. The number of carboxylic acid groups (broad SMARTS) is 1. The highest BCUT2D eigenvalue weighted by Crippen LogP contribution is 2.27. The Balaban J connectivity index is 1.31. The Labute approximate surface area is 165 Å². The van der Waals surface area contributed by atoms with Crippen LogP contribution in [0.5, 0.6) is 0 Å². The Bertz CT molecular complexity index is 996. The fourth-order valence-corrected chi connectivity index (χ4v) is 3.93. The Morgan fingerprint density at radius 1 is 1.07 bits per heavy atom. The molecule has 0 atom stereocenters. The number of carboxylic acids is 1. The maximum absolute atomic E-state index is 12.4. The second-order valence-electron chi connectivity index (χ2n) is 6.47. The number of amides is 2. The minimum Gasteiger partial charge on any atom is -0.478 e. The van der Waals surface area contributed by atoms with Gasteiger partial charge >= 0.3 is 12.0 Å². The van der Waals surface area contributed by atoms with Gasteiger partial charge in [-0.1, -0.05) is 12.1 Å². The van der Waals surface area contributed by atoms with Gasteiger partial charge in [-0.25, -0.2) is 19.6 Å². The predicted molar refractivity (Wildman–Crippen MR) is 107 cm³/mol. The van der Waals surface area contributed by atoms with E-state index in [1.165, 1.54) is 12.1 Å². The van der Waals surface area contributed by atoms with Gasteiger partial charge in [0.15, 0.2) is 0 Å². The van der Waals surface area contributed by atoms with Crippen LogP contribution in [0.2, 0.25) is 0 Å². The monoisotopic (exact) mass is 397 g/mol. The van der Waals surface area contributed by atoms with E-state index in [4.69, 9.17) is 5.11 Å². The molecule has 1 aliphatic rings. The van der Waals surface area contributed by atoms with Crippen LogP contribution in [-0.4, -0.2) is 58.2 Å². The molecular formula is C19H19N5O3S. The van der Waals surface area contributed by atoms with Gasteiger partial charge in [0.1, 0.15) is 17.0 Å². The number of thiophene rings is 1. The number of fused-ring (bicyclic) bond motifs is 1. The first-order valence-corrected chi connectivity index (χ1v) is 9.78. The van der Waals surface area contributed by atoms with Crippen LogP contribution in [-0.2, 0) is 6.54 Å². The summed E-state index contributed by atoms with van der Waals surface area (Å²) in [5.41, 5.74) is 1.09. The number of rotatable bonds is 4. The van der Waals surface area contributed by atoms with E-state index in [1.807, 2.05) is 11.4 Å². The predicted octanol–water partition coefficient (Wildman–Crippen LogP) is 2.42. The molecule has 1 saturated heterocycles. The lowest BCUT2D eigenvalue weighted by Crippen LogP contribution is -2.52. The van der Waals surface area contributed by atoms with Crippen molar-refractivity contribution in [2.75, 3.05) is 31.1 Å². The van der Waals surface area contributed by atoms with E-state index < -0.39 is 5.97 Å². The Morgan fingerprint density at radius 2 is 1.82 bits per heavy atom. The standard InChI is InChI=1S/C19H19N5O3S/c25-18(26)14-3-1-13(2-4-14)11-20-19(27)24-8-6-23(7-9-24)16-15-5-10-28-17(15)22-12-21-16/h1-5,10,12H,6-9,11H2,(H,20,27)(H,25,26). The first-order valence-electron chi connectivity index (χ1n) is 8.90. The first kappa shape index (κ1) is 18.2. The van der Waals surface area contributed by atoms with Gasteiger partial charge in [-0.2, -0.15) is 0 Å². The molecule has 0 spiro atoms.